The Kier molecular flexibility index (Phi) is 8.43. The highest BCUT2D eigenvalue weighted by atomic mass is 32.2. The first-order valence-corrected chi connectivity index (χ1v) is 15.9. The molecule has 0 aliphatic carbocycles. The number of nitrogens with two attached hydrogens (primary N) is 1. The Morgan fingerprint density at radius 2 is 1.60 bits per heavy atom. The summed E-state index contributed by atoms with van der Waals surface area (Å²) in [5.41, 5.74) is 5.92. The second-order valence-corrected chi connectivity index (χ2v) is 12.9. The maximum absolute atomic E-state index is 13.7. The smallest absolute Gasteiger partial charge is 0.254 e. The first-order chi connectivity index (χ1) is 20.1. The van der Waals surface area contributed by atoms with E-state index in [1.807, 2.05) is 47.1 Å². The number of hydrogen-bond acceptors (Lipinski definition) is 7. The van der Waals surface area contributed by atoms with Gasteiger partial charge in [0.1, 0.15) is 11.0 Å². The van der Waals surface area contributed by atoms with Crippen molar-refractivity contribution in [3.05, 3.63) is 82.9 Å². The maximum Gasteiger partial charge on any atom is 0.254 e. The second-order valence-electron chi connectivity index (χ2n) is 11.4. The Labute approximate surface area is 248 Å². The molecule has 10 heteroatoms. The number of para-hydroxylation sites is 2. The van der Waals surface area contributed by atoms with E-state index in [2.05, 4.69) is 36.2 Å². The molecule has 0 spiro atoms. The van der Waals surface area contributed by atoms with Gasteiger partial charge in [-0.3, -0.25) is 4.79 Å². The third-order valence-corrected chi connectivity index (χ3v) is 9.45. The summed E-state index contributed by atoms with van der Waals surface area (Å²) >= 11 is 0. The number of aryl methyl sites for hydroxylation is 2. The van der Waals surface area contributed by atoms with E-state index in [1.54, 1.807) is 18.2 Å². The number of carbonyl (C=O) groups is 1. The summed E-state index contributed by atoms with van der Waals surface area (Å²) in [7, 11) is -3.85. The molecule has 2 aliphatic rings. The van der Waals surface area contributed by atoms with Crippen LogP contribution in [0.3, 0.4) is 0 Å². The third kappa shape index (κ3) is 6.08. The Morgan fingerprint density at radius 3 is 2.26 bits per heavy atom. The van der Waals surface area contributed by atoms with Crippen molar-refractivity contribution >= 4 is 33.0 Å². The minimum absolute atomic E-state index is 0.0223. The molecular weight excluding hydrogens is 548 g/mol. The summed E-state index contributed by atoms with van der Waals surface area (Å²) in [5, 5.41) is 18.7. The number of piperazine rings is 1. The van der Waals surface area contributed by atoms with E-state index >= 15 is 0 Å². The first-order valence-electron chi connectivity index (χ1n) is 14.3. The van der Waals surface area contributed by atoms with E-state index in [4.69, 9.17) is 5.14 Å². The molecule has 220 valence electrons. The van der Waals surface area contributed by atoms with Crippen molar-refractivity contribution in [3.63, 3.8) is 0 Å². The van der Waals surface area contributed by atoms with Crippen LogP contribution in [-0.2, 0) is 10.0 Å². The molecule has 0 saturated carbocycles. The lowest BCUT2D eigenvalue weighted by Gasteiger charge is -2.39. The van der Waals surface area contributed by atoms with Gasteiger partial charge >= 0.3 is 0 Å². The van der Waals surface area contributed by atoms with E-state index in [-0.39, 0.29) is 16.8 Å². The van der Waals surface area contributed by atoms with E-state index in [0.717, 1.165) is 42.0 Å². The van der Waals surface area contributed by atoms with E-state index in [1.165, 1.54) is 6.07 Å². The van der Waals surface area contributed by atoms with Crippen molar-refractivity contribution in [2.45, 2.75) is 38.1 Å². The van der Waals surface area contributed by atoms with Gasteiger partial charge in [0.15, 0.2) is 0 Å². The number of anilines is 3. The van der Waals surface area contributed by atoms with Gasteiger partial charge < -0.3 is 20.0 Å². The number of nitrogens with zero attached hydrogens (tertiary/aromatic N) is 4. The van der Waals surface area contributed by atoms with E-state index in [9.17, 15) is 18.5 Å². The Morgan fingerprint density at radius 1 is 0.929 bits per heavy atom. The molecule has 0 bridgehead atoms. The van der Waals surface area contributed by atoms with Crippen LogP contribution in [-0.4, -0.2) is 64.5 Å². The lowest BCUT2D eigenvalue weighted by Crippen LogP contribution is -2.49. The zero-order valence-corrected chi connectivity index (χ0v) is 25.2. The second kappa shape index (κ2) is 12.0. The number of piperidine rings is 1. The van der Waals surface area contributed by atoms with Crippen molar-refractivity contribution < 1.29 is 13.2 Å². The van der Waals surface area contributed by atoms with Crippen LogP contribution >= 0.6 is 0 Å². The predicted molar refractivity (Wildman–Crippen MR) is 166 cm³/mol. The van der Waals surface area contributed by atoms with E-state index in [0.29, 0.717) is 48.9 Å². The molecule has 2 fully saturated rings. The van der Waals surface area contributed by atoms with Crippen molar-refractivity contribution in [2.24, 2.45) is 11.1 Å². The fourth-order valence-corrected chi connectivity index (χ4v) is 6.90. The fraction of sp³-hybridized carbons (Fsp3) is 0.375. The van der Waals surface area contributed by atoms with Gasteiger partial charge in [-0.1, -0.05) is 37.3 Å². The molecular formula is C32H38N6O3S. The number of nitriles is 1. The minimum atomic E-state index is -3.85. The highest BCUT2D eigenvalue weighted by Crippen LogP contribution is 2.31. The lowest BCUT2D eigenvalue weighted by atomic mass is 9.92. The van der Waals surface area contributed by atoms with Crippen LogP contribution < -0.4 is 20.3 Å². The van der Waals surface area contributed by atoms with Crippen LogP contribution in [0, 0.1) is 31.1 Å². The Hall–Kier alpha value is -4.07. The number of nitrogens with one attached hydrogen (secondary N) is 1. The zero-order chi connectivity index (χ0) is 30.0. The van der Waals surface area contributed by atoms with Crippen molar-refractivity contribution in [1.29, 1.82) is 5.26 Å². The molecule has 9 nitrogen and oxygen atoms in total. The quantitative estimate of drug-likeness (QED) is 0.446. The topological polar surface area (TPSA) is 123 Å². The van der Waals surface area contributed by atoms with Crippen molar-refractivity contribution in [2.75, 3.05) is 54.4 Å². The molecule has 0 radical (unpaired) electrons. The van der Waals surface area contributed by atoms with Crippen LogP contribution in [0.2, 0.25) is 0 Å². The van der Waals surface area contributed by atoms with Gasteiger partial charge in [0.2, 0.25) is 10.0 Å². The monoisotopic (exact) mass is 586 g/mol. The third-order valence-electron chi connectivity index (χ3n) is 8.49. The van der Waals surface area contributed by atoms with E-state index < -0.39 is 10.0 Å². The number of carbonyl (C=O) groups excluding carboxylic acids is 1. The summed E-state index contributed by atoms with van der Waals surface area (Å²) in [6.45, 7) is 9.93. The summed E-state index contributed by atoms with van der Waals surface area (Å²) in [6.07, 6.45) is 0.916. The number of sulfonamides is 1. The van der Waals surface area contributed by atoms with Gasteiger partial charge in [-0.2, -0.15) is 5.26 Å². The van der Waals surface area contributed by atoms with Crippen LogP contribution in [0.15, 0.2) is 65.6 Å². The number of benzene rings is 3. The molecule has 2 atom stereocenters. The standard InChI is InChI=1S/C32H38N6O3S/c1-22-18-23(2)28(35-27-12-13-38(21-24(27)3)29-9-5-4-8-25(29)20-33)19-26(22)32(39)37-16-14-36(15-17-37)30-10-6-7-11-31(30)42(34,40)41/h4-11,18-19,24,27,35H,12-17,21H2,1-3H3,(H2,34,40,41)/t24-,27+/m1/s1. The molecule has 1 amide bonds. The lowest BCUT2D eigenvalue weighted by molar-refractivity contribution is 0.0746. The maximum atomic E-state index is 13.7. The summed E-state index contributed by atoms with van der Waals surface area (Å²) < 4.78 is 24.2. The fourth-order valence-electron chi connectivity index (χ4n) is 6.14. The highest BCUT2D eigenvalue weighted by molar-refractivity contribution is 7.89. The molecule has 42 heavy (non-hydrogen) atoms. The number of rotatable bonds is 6. The zero-order valence-electron chi connectivity index (χ0n) is 24.4. The van der Waals surface area contributed by atoms with Gasteiger partial charge in [-0.25, -0.2) is 13.6 Å². The van der Waals surface area contributed by atoms with Gasteiger partial charge in [0.05, 0.1) is 16.9 Å². The molecule has 0 unspecified atom stereocenters. The summed E-state index contributed by atoms with van der Waals surface area (Å²) in [5.74, 6) is 0.310. The number of hydrogen-bond donors (Lipinski definition) is 2. The van der Waals surface area contributed by atoms with Crippen molar-refractivity contribution in [1.82, 2.24) is 4.90 Å². The molecule has 2 heterocycles. The van der Waals surface area contributed by atoms with Crippen molar-refractivity contribution in [3.8, 4) is 6.07 Å². The summed E-state index contributed by atoms with van der Waals surface area (Å²) in [4.78, 5) is 19.9. The number of amides is 1. The molecule has 3 aromatic carbocycles. The Balaban J connectivity index is 1.26. The van der Waals surface area contributed by atoms with Crippen LogP contribution in [0.4, 0.5) is 17.1 Å². The average Bonchev–Trinajstić information content (AvgIpc) is 2.98. The predicted octanol–water partition coefficient (Wildman–Crippen LogP) is 4.11. The normalized spacial score (nSPS) is 19.4. The number of primary sulfonamides is 1. The molecule has 5 rings (SSSR count). The van der Waals surface area contributed by atoms with Gasteiger partial charge in [-0.15, -0.1) is 0 Å². The van der Waals surface area contributed by atoms with Gasteiger partial charge in [0, 0.05) is 56.6 Å². The minimum Gasteiger partial charge on any atom is -0.382 e. The van der Waals surface area contributed by atoms with Gasteiger partial charge in [0.25, 0.3) is 5.91 Å². The van der Waals surface area contributed by atoms with Gasteiger partial charge in [-0.05, 0) is 67.6 Å². The molecule has 2 saturated heterocycles. The van der Waals surface area contributed by atoms with Crippen LogP contribution in [0.25, 0.3) is 0 Å². The summed E-state index contributed by atoms with van der Waals surface area (Å²) in [6, 6.07) is 21.1. The Bertz CT molecular complexity index is 1630. The average molecular weight is 587 g/mol. The van der Waals surface area contributed by atoms with Crippen LogP contribution in [0.1, 0.15) is 40.4 Å². The molecule has 2 aliphatic heterocycles. The largest absolute Gasteiger partial charge is 0.382 e. The van der Waals surface area contributed by atoms with Crippen LogP contribution in [0.5, 0.6) is 0 Å². The SMILES string of the molecule is Cc1cc(C)c(C(=O)N2CCN(c3ccccc3S(N)(=O)=O)CC2)cc1N[C@H]1CCN(c2ccccc2C#N)C[C@H]1C. The first kappa shape index (κ1) is 29.4. The highest BCUT2D eigenvalue weighted by Gasteiger charge is 2.29. The molecule has 3 N–H and O–H groups in total. The molecule has 3 aromatic rings. The molecule has 0 aromatic heterocycles.